The number of hydrogen-bond acceptors (Lipinski definition) is 8. The lowest BCUT2D eigenvalue weighted by atomic mass is 9.84. The highest BCUT2D eigenvalue weighted by Crippen LogP contribution is 2.43. The lowest BCUT2D eigenvalue weighted by Gasteiger charge is -2.29. The molecule has 1 fully saturated rings. The Hall–Kier alpha value is -3.91. The van der Waals surface area contributed by atoms with Crippen LogP contribution < -0.4 is 19.1 Å². The summed E-state index contributed by atoms with van der Waals surface area (Å²) in [6.07, 6.45) is -6.60. The van der Waals surface area contributed by atoms with E-state index in [1.807, 2.05) is 25.7 Å². The van der Waals surface area contributed by atoms with E-state index in [2.05, 4.69) is 4.99 Å². The van der Waals surface area contributed by atoms with Gasteiger partial charge in [0.2, 0.25) is 0 Å². The zero-order valence-electron chi connectivity index (χ0n) is 26.9. The molecule has 2 atom stereocenters. The number of rotatable bonds is 10. The number of ether oxygens (including phenoxy) is 4. The van der Waals surface area contributed by atoms with Gasteiger partial charge in [0.05, 0.1) is 44.2 Å². The number of methoxy groups -OCH3 is 2. The lowest BCUT2D eigenvalue weighted by Crippen LogP contribution is -2.34. The molecule has 14 heteroatoms. The average Bonchev–Trinajstić information content (AvgIpc) is 3.52. The van der Waals surface area contributed by atoms with Crippen molar-refractivity contribution in [2.24, 2.45) is 4.99 Å². The fourth-order valence-corrected chi connectivity index (χ4v) is 5.65. The number of carbonyl (C=O) groups is 2. The number of benzene rings is 2. The third-order valence-corrected chi connectivity index (χ3v) is 7.81. The van der Waals surface area contributed by atoms with Crippen molar-refractivity contribution in [2.75, 3.05) is 52.0 Å². The van der Waals surface area contributed by atoms with Gasteiger partial charge in [0.15, 0.2) is 23.1 Å². The van der Waals surface area contributed by atoms with Crippen molar-refractivity contribution in [1.29, 1.82) is 0 Å². The molecule has 1 N–H and O–H groups in total. The highest BCUT2D eigenvalue weighted by Gasteiger charge is 2.42. The van der Waals surface area contributed by atoms with Crippen LogP contribution in [0.25, 0.3) is 0 Å². The number of carbonyl (C=O) groups excluding carboxylic acids is 2. The van der Waals surface area contributed by atoms with Gasteiger partial charge < -0.3 is 33.9 Å². The summed E-state index contributed by atoms with van der Waals surface area (Å²) in [5.74, 6) is -4.47. The zero-order chi connectivity index (χ0) is 34.1. The second-order valence-electron chi connectivity index (χ2n) is 12.0. The summed E-state index contributed by atoms with van der Waals surface area (Å²) in [7, 11) is 2.99. The molecule has 0 unspecified atom stereocenters. The Balaban J connectivity index is 1.81. The summed E-state index contributed by atoms with van der Waals surface area (Å²) in [5, 5.41) is 10.5. The van der Waals surface area contributed by atoms with E-state index in [-0.39, 0.29) is 54.5 Å². The highest BCUT2D eigenvalue weighted by atomic mass is 19.4. The van der Waals surface area contributed by atoms with Crippen molar-refractivity contribution < 1.29 is 51.2 Å². The van der Waals surface area contributed by atoms with Crippen LogP contribution in [0.3, 0.4) is 0 Å². The van der Waals surface area contributed by atoms with Gasteiger partial charge >= 0.3 is 12.1 Å². The van der Waals surface area contributed by atoms with Crippen LogP contribution in [0.5, 0.6) is 17.2 Å². The highest BCUT2D eigenvalue weighted by molar-refractivity contribution is 6.11. The minimum atomic E-state index is -5.33. The molecular weight excluding hydrogens is 614 g/mol. The van der Waals surface area contributed by atoms with Gasteiger partial charge in [-0.2, -0.15) is 18.2 Å². The quantitative estimate of drug-likeness (QED) is 0.289. The van der Waals surface area contributed by atoms with E-state index >= 15 is 4.39 Å². The fraction of sp³-hybridized carbons (Fsp3) is 0.531. The van der Waals surface area contributed by atoms with E-state index in [0.717, 1.165) is 4.90 Å². The largest absolute Gasteiger partial charge is 0.494 e. The molecule has 0 aromatic heterocycles. The van der Waals surface area contributed by atoms with E-state index in [9.17, 15) is 27.9 Å². The number of Topliss-reactive ketones (excluding diaryl/α,β-unsaturated/α-hetero) is 1. The molecule has 4 rings (SSSR count). The molecule has 10 nitrogen and oxygen atoms in total. The fourth-order valence-electron chi connectivity index (χ4n) is 5.65. The number of amides is 1. The van der Waals surface area contributed by atoms with Crippen LogP contribution in [0.2, 0.25) is 0 Å². The van der Waals surface area contributed by atoms with Gasteiger partial charge in [-0.05, 0) is 43.0 Å². The van der Waals surface area contributed by atoms with Gasteiger partial charge in [-0.15, -0.1) is 0 Å². The number of nitrogens with zero attached hydrogens (tertiary/aromatic N) is 3. The number of β-amino-alcohol motifs (C(OH)–C–C–N with tert-alkyl or cyclic N) is 1. The number of amidine groups is 1. The lowest BCUT2D eigenvalue weighted by molar-refractivity contribution is -0.169. The summed E-state index contributed by atoms with van der Waals surface area (Å²) >= 11 is 0. The van der Waals surface area contributed by atoms with Crippen LogP contribution in [0.15, 0.2) is 23.2 Å². The van der Waals surface area contributed by atoms with Crippen LogP contribution in [0, 0.1) is 5.82 Å². The van der Waals surface area contributed by atoms with Gasteiger partial charge in [0.25, 0.3) is 0 Å². The first-order valence-corrected chi connectivity index (χ1v) is 14.8. The van der Waals surface area contributed by atoms with Gasteiger partial charge in [-0.25, -0.2) is 4.39 Å². The minimum absolute atomic E-state index is 0.0288. The van der Waals surface area contributed by atoms with Crippen LogP contribution in [-0.2, 0) is 21.5 Å². The normalized spacial score (nSPS) is 19.1. The van der Waals surface area contributed by atoms with Crippen LogP contribution in [0.1, 0.15) is 61.7 Å². The molecule has 0 radical (unpaired) electrons. The standard InChI is InChI=1S/C32H39F4N3O7/c1-8-45-23-12-18-13-39(29(37-30(42)32(34,35)36)25(18)26(33)28(23)46-9-2)14-21(40)17-10-19(31(3,4)5)27(44-7)20(11-17)38-15-22(41)24(16-38)43-6/h10-12,22,24,41H,8-9,13-16H2,1-7H3/t22-,24-/m0/s1. The maximum Gasteiger partial charge on any atom is 0.473 e. The first kappa shape index (κ1) is 35.0. The van der Waals surface area contributed by atoms with Crippen molar-refractivity contribution in [3.8, 4) is 17.2 Å². The SMILES string of the molecule is CCOc1cc2c(c(F)c1OCC)C(=NC(=O)C(F)(F)F)N(CC(=O)c1cc(N3C[C@H](OC)[C@@H](O)C3)c(OC)c(C(C)(C)C)c1)C2. The summed E-state index contributed by atoms with van der Waals surface area (Å²) in [6, 6.07) is 4.65. The number of aliphatic hydroxyl groups is 1. The third kappa shape index (κ3) is 6.92. The number of fused-ring (bicyclic) bond motifs is 1. The summed E-state index contributed by atoms with van der Waals surface area (Å²) in [6.45, 7) is 9.01. The number of hydrogen-bond donors (Lipinski definition) is 1. The Kier molecular flexibility index (Phi) is 10.2. The smallest absolute Gasteiger partial charge is 0.473 e. The van der Waals surface area contributed by atoms with Gasteiger partial charge in [-0.3, -0.25) is 9.59 Å². The average molecular weight is 654 g/mol. The van der Waals surface area contributed by atoms with Gasteiger partial charge in [-0.1, -0.05) is 20.8 Å². The van der Waals surface area contributed by atoms with Crippen LogP contribution in [-0.4, -0.2) is 93.0 Å². The molecule has 0 spiro atoms. The number of alkyl halides is 3. The number of halogens is 4. The van der Waals surface area contributed by atoms with Crippen LogP contribution in [0.4, 0.5) is 23.2 Å². The molecule has 46 heavy (non-hydrogen) atoms. The molecule has 2 aliphatic heterocycles. The van der Waals surface area contributed by atoms with E-state index in [1.165, 1.54) is 20.3 Å². The zero-order valence-corrected chi connectivity index (χ0v) is 26.9. The van der Waals surface area contributed by atoms with E-state index in [4.69, 9.17) is 18.9 Å². The van der Waals surface area contributed by atoms with Crippen molar-refractivity contribution in [2.45, 2.75) is 65.0 Å². The van der Waals surface area contributed by atoms with Crippen molar-refractivity contribution in [3.63, 3.8) is 0 Å². The predicted molar refractivity (Wildman–Crippen MR) is 162 cm³/mol. The predicted octanol–water partition coefficient (Wildman–Crippen LogP) is 4.66. The van der Waals surface area contributed by atoms with Crippen LogP contribution >= 0.6 is 0 Å². The van der Waals surface area contributed by atoms with Crippen molar-refractivity contribution in [3.05, 3.63) is 46.3 Å². The number of aliphatic hydroxyl groups excluding tert-OH is 1. The molecule has 2 aliphatic rings. The van der Waals surface area contributed by atoms with E-state index < -0.39 is 53.7 Å². The molecule has 2 heterocycles. The topological polar surface area (TPSA) is 110 Å². The second-order valence-corrected chi connectivity index (χ2v) is 12.0. The summed E-state index contributed by atoms with van der Waals surface area (Å²) < 4.78 is 78.2. The van der Waals surface area contributed by atoms with Gasteiger partial charge in [0.1, 0.15) is 17.7 Å². The van der Waals surface area contributed by atoms with Crippen molar-refractivity contribution in [1.82, 2.24) is 4.90 Å². The maximum absolute atomic E-state index is 15.9. The molecule has 0 bridgehead atoms. The van der Waals surface area contributed by atoms with Gasteiger partial charge in [0, 0.05) is 37.9 Å². The molecule has 1 amide bonds. The number of aliphatic imine (C=N–C) groups is 1. The monoisotopic (exact) mass is 653 g/mol. The minimum Gasteiger partial charge on any atom is -0.494 e. The number of ketones is 1. The summed E-state index contributed by atoms with van der Waals surface area (Å²) in [4.78, 5) is 32.3. The Labute approximate surface area is 264 Å². The van der Waals surface area contributed by atoms with Crippen molar-refractivity contribution >= 4 is 23.2 Å². The second kappa shape index (κ2) is 13.4. The molecule has 2 aromatic rings. The Bertz CT molecular complexity index is 1520. The first-order chi connectivity index (χ1) is 21.5. The van der Waals surface area contributed by atoms with E-state index in [0.29, 0.717) is 23.5 Å². The Morgan fingerprint density at radius 1 is 1.02 bits per heavy atom. The number of anilines is 1. The molecule has 0 saturated carbocycles. The first-order valence-electron chi connectivity index (χ1n) is 14.8. The Morgan fingerprint density at radius 3 is 2.24 bits per heavy atom. The summed E-state index contributed by atoms with van der Waals surface area (Å²) in [5.41, 5.74) is 0.675. The molecular formula is C32H39F4N3O7. The third-order valence-electron chi connectivity index (χ3n) is 7.81. The Morgan fingerprint density at radius 2 is 1.70 bits per heavy atom. The molecule has 1 saturated heterocycles. The molecule has 252 valence electrons. The molecule has 2 aromatic carbocycles. The van der Waals surface area contributed by atoms with E-state index in [1.54, 1.807) is 26.0 Å². The molecule has 0 aliphatic carbocycles. The maximum atomic E-state index is 15.9.